The molecule has 2 saturated carbocycles. The van der Waals surface area contributed by atoms with E-state index in [0.29, 0.717) is 0 Å². The lowest BCUT2D eigenvalue weighted by atomic mass is 10.1. The maximum atomic E-state index is 5.99. The van der Waals surface area contributed by atoms with Gasteiger partial charge < -0.3 is 9.73 Å². The fourth-order valence-electron chi connectivity index (χ4n) is 2.57. The summed E-state index contributed by atoms with van der Waals surface area (Å²) < 4.78 is 5.99. The van der Waals surface area contributed by atoms with Crippen LogP contribution >= 0.6 is 0 Å². The Morgan fingerprint density at radius 2 is 1.85 bits per heavy atom. The Hall–Kier alpha value is -0.800. The molecule has 1 aromatic rings. The first-order valence-corrected chi connectivity index (χ1v) is 8.06. The molecule has 0 saturated heterocycles. The number of hydrogen-bond acceptors (Lipinski definition) is 3. The van der Waals surface area contributed by atoms with Gasteiger partial charge >= 0.3 is 0 Å². The van der Waals surface area contributed by atoms with Gasteiger partial charge in [0.2, 0.25) is 0 Å². The van der Waals surface area contributed by atoms with Gasteiger partial charge in [-0.25, -0.2) is 0 Å². The smallest absolute Gasteiger partial charge is 0.118 e. The van der Waals surface area contributed by atoms with Crippen LogP contribution in [0.1, 0.15) is 58.0 Å². The molecule has 2 aliphatic rings. The zero-order chi connectivity index (χ0) is 14.2. The highest BCUT2D eigenvalue weighted by Gasteiger charge is 2.33. The van der Waals surface area contributed by atoms with Crippen LogP contribution in [0, 0.1) is 5.92 Å². The molecule has 0 aliphatic heterocycles. The summed E-state index contributed by atoms with van der Waals surface area (Å²) in [5.74, 6) is 3.15. The van der Waals surface area contributed by atoms with Gasteiger partial charge in [-0.1, -0.05) is 0 Å². The third-order valence-electron chi connectivity index (χ3n) is 4.12. The molecule has 112 valence electrons. The molecule has 2 aliphatic carbocycles. The maximum absolute atomic E-state index is 5.99. The first-order valence-electron chi connectivity index (χ1n) is 8.06. The molecule has 2 fully saturated rings. The Morgan fingerprint density at radius 3 is 2.45 bits per heavy atom. The van der Waals surface area contributed by atoms with E-state index < -0.39 is 0 Å². The quantitative estimate of drug-likeness (QED) is 0.825. The second-order valence-corrected chi connectivity index (χ2v) is 7.58. The van der Waals surface area contributed by atoms with Gasteiger partial charge in [-0.05, 0) is 64.5 Å². The standard InChI is InChI=1S/C17H28N2O/c1-17(2,3)18-10-15-8-9-16(20-15)12-19(14-6-7-14)11-13-4-5-13/h8-9,13-14,18H,4-7,10-12H2,1-3H3. The molecule has 3 nitrogen and oxygen atoms in total. The van der Waals surface area contributed by atoms with Gasteiger partial charge in [-0.2, -0.15) is 0 Å². The van der Waals surface area contributed by atoms with Crippen LogP contribution in [-0.2, 0) is 13.1 Å². The van der Waals surface area contributed by atoms with Crippen molar-refractivity contribution in [2.45, 2.75) is 71.1 Å². The Labute approximate surface area is 122 Å². The van der Waals surface area contributed by atoms with Crippen molar-refractivity contribution < 1.29 is 4.42 Å². The lowest BCUT2D eigenvalue weighted by molar-refractivity contribution is 0.221. The molecule has 1 N–H and O–H groups in total. The van der Waals surface area contributed by atoms with Crippen LogP contribution in [0.4, 0.5) is 0 Å². The van der Waals surface area contributed by atoms with Crippen LogP contribution in [0.5, 0.6) is 0 Å². The molecule has 0 radical (unpaired) electrons. The molecule has 0 aromatic carbocycles. The molecule has 3 heteroatoms. The van der Waals surface area contributed by atoms with Crippen molar-refractivity contribution in [2.75, 3.05) is 6.54 Å². The zero-order valence-corrected chi connectivity index (χ0v) is 13.1. The zero-order valence-electron chi connectivity index (χ0n) is 13.1. The third kappa shape index (κ3) is 4.35. The summed E-state index contributed by atoms with van der Waals surface area (Å²) in [5.41, 5.74) is 0.138. The molecular formula is C17H28N2O. The molecule has 0 amide bonds. The Morgan fingerprint density at radius 1 is 1.15 bits per heavy atom. The summed E-state index contributed by atoms with van der Waals surface area (Å²) in [4.78, 5) is 2.64. The minimum atomic E-state index is 0.138. The normalized spacial score (nSPS) is 19.8. The summed E-state index contributed by atoms with van der Waals surface area (Å²) in [6.07, 6.45) is 5.63. The van der Waals surface area contributed by atoms with Gasteiger partial charge in [-0.3, -0.25) is 4.90 Å². The molecule has 20 heavy (non-hydrogen) atoms. The molecule has 1 aromatic heterocycles. The highest BCUT2D eigenvalue weighted by molar-refractivity contribution is 5.08. The summed E-state index contributed by atoms with van der Waals surface area (Å²) in [6.45, 7) is 9.64. The molecule has 0 spiro atoms. The van der Waals surface area contributed by atoms with Crippen LogP contribution < -0.4 is 5.32 Å². The van der Waals surface area contributed by atoms with E-state index in [1.165, 1.54) is 32.2 Å². The van der Waals surface area contributed by atoms with Gasteiger partial charge in [0.1, 0.15) is 11.5 Å². The summed E-state index contributed by atoms with van der Waals surface area (Å²) in [7, 11) is 0. The van der Waals surface area contributed by atoms with Crippen molar-refractivity contribution in [3.63, 3.8) is 0 Å². The third-order valence-corrected chi connectivity index (χ3v) is 4.12. The van der Waals surface area contributed by atoms with Crippen molar-refractivity contribution in [1.29, 1.82) is 0 Å². The first kappa shape index (κ1) is 14.2. The van der Waals surface area contributed by atoms with Gasteiger partial charge in [-0.15, -0.1) is 0 Å². The summed E-state index contributed by atoms with van der Waals surface area (Å²) >= 11 is 0. The van der Waals surface area contributed by atoms with E-state index in [-0.39, 0.29) is 5.54 Å². The number of hydrogen-bond donors (Lipinski definition) is 1. The van der Waals surface area contributed by atoms with Gasteiger partial charge in [0.25, 0.3) is 0 Å². The van der Waals surface area contributed by atoms with Gasteiger partial charge in [0.15, 0.2) is 0 Å². The van der Waals surface area contributed by atoms with Crippen LogP contribution in [0.25, 0.3) is 0 Å². The monoisotopic (exact) mass is 276 g/mol. The van der Waals surface area contributed by atoms with Crippen LogP contribution in [0.2, 0.25) is 0 Å². The highest BCUT2D eigenvalue weighted by Crippen LogP contribution is 2.35. The highest BCUT2D eigenvalue weighted by atomic mass is 16.3. The van der Waals surface area contributed by atoms with Crippen molar-refractivity contribution in [1.82, 2.24) is 10.2 Å². The molecular weight excluding hydrogens is 248 g/mol. The maximum Gasteiger partial charge on any atom is 0.118 e. The average molecular weight is 276 g/mol. The average Bonchev–Trinajstić information content (AvgIpc) is 3.25. The summed E-state index contributed by atoms with van der Waals surface area (Å²) in [6, 6.07) is 5.11. The van der Waals surface area contributed by atoms with Crippen molar-refractivity contribution >= 4 is 0 Å². The van der Waals surface area contributed by atoms with Crippen LogP contribution in [0.3, 0.4) is 0 Å². The second kappa shape index (κ2) is 5.53. The lowest BCUT2D eigenvalue weighted by Crippen LogP contribution is -2.34. The number of furan rings is 1. The number of nitrogens with zero attached hydrogens (tertiary/aromatic N) is 1. The van der Waals surface area contributed by atoms with E-state index in [2.05, 4.69) is 43.1 Å². The Balaban J connectivity index is 1.52. The van der Waals surface area contributed by atoms with Crippen LogP contribution in [-0.4, -0.2) is 23.0 Å². The molecule has 3 rings (SSSR count). The van der Waals surface area contributed by atoms with Crippen molar-refractivity contribution in [2.24, 2.45) is 5.92 Å². The topological polar surface area (TPSA) is 28.4 Å². The first-order chi connectivity index (χ1) is 9.49. The van der Waals surface area contributed by atoms with E-state index in [1.54, 1.807) is 0 Å². The molecule has 0 unspecified atom stereocenters. The Bertz CT molecular complexity index is 438. The summed E-state index contributed by atoms with van der Waals surface area (Å²) in [5, 5.41) is 3.47. The molecule has 1 heterocycles. The van der Waals surface area contributed by atoms with E-state index in [0.717, 1.165) is 36.6 Å². The second-order valence-electron chi connectivity index (χ2n) is 7.58. The SMILES string of the molecule is CC(C)(C)NCc1ccc(CN(CC2CC2)C2CC2)o1. The fourth-order valence-corrected chi connectivity index (χ4v) is 2.57. The van der Waals surface area contributed by atoms with Gasteiger partial charge in [0, 0.05) is 18.1 Å². The van der Waals surface area contributed by atoms with Crippen molar-refractivity contribution in [3.05, 3.63) is 23.7 Å². The molecule has 0 bridgehead atoms. The van der Waals surface area contributed by atoms with Gasteiger partial charge in [0.05, 0.1) is 13.1 Å². The predicted octanol–water partition coefficient (Wildman–Crippen LogP) is 3.54. The number of nitrogens with one attached hydrogen (secondary N) is 1. The lowest BCUT2D eigenvalue weighted by Gasteiger charge is -2.21. The number of rotatable bonds is 7. The van der Waals surface area contributed by atoms with Crippen molar-refractivity contribution in [3.8, 4) is 0 Å². The van der Waals surface area contributed by atoms with Crippen LogP contribution in [0.15, 0.2) is 16.5 Å². The van der Waals surface area contributed by atoms with E-state index in [9.17, 15) is 0 Å². The largest absolute Gasteiger partial charge is 0.463 e. The van der Waals surface area contributed by atoms with E-state index >= 15 is 0 Å². The van der Waals surface area contributed by atoms with E-state index in [1.807, 2.05) is 0 Å². The van der Waals surface area contributed by atoms with E-state index in [4.69, 9.17) is 4.42 Å². The minimum Gasteiger partial charge on any atom is -0.463 e. The Kier molecular flexibility index (Phi) is 3.91. The minimum absolute atomic E-state index is 0.138. The fraction of sp³-hybridized carbons (Fsp3) is 0.765. The predicted molar refractivity (Wildman–Crippen MR) is 81.5 cm³/mol. The molecule has 0 atom stereocenters.